The predicted octanol–water partition coefficient (Wildman–Crippen LogP) is 3.88. The van der Waals surface area contributed by atoms with Gasteiger partial charge in [-0.25, -0.2) is 0 Å². The Kier molecular flexibility index (Phi) is 5.14. The number of hydrogen-bond acceptors (Lipinski definition) is 2. The minimum absolute atomic E-state index is 0.173. The lowest BCUT2D eigenvalue weighted by molar-refractivity contribution is 0.0197. The molecule has 0 aromatic carbocycles. The van der Waals surface area contributed by atoms with E-state index < -0.39 is 0 Å². The second-order valence-electron chi connectivity index (χ2n) is 8.90. The normalized spacial score (nSPS) is 32.9. The van der Waals surface area contributed by atoms with Crippen LogP contribution in [0.15, 0.2) is 12.7 Å². The summed E-state index contributed by atoms with van der Waals surface area (Å²) in [7, 11) is 4.38. The van der Waals surface area contributed by atoms with Gasteiger partial charge in [-0.3, -0.25) is 4.90 Å². The minimum Gasteiger partial charge on any atom is -0.309 e. The monoisotopic (exact) mass is 280 g/mol. The van der Waals surface area contributed by atoms with E-state index in [2.05, 4.69) is 85.0 Å². The minimum atomic E-state index is 0.173. The van der Waals surface area contributed by atoms with Crippen molar-refractivity contribution >= 4 is 0 Å². The van der Waals surface area contributed by atoms with Gasteiger partial charge in [0.1, 0.15) is 0 Å². The lowest BCUT2D eigenvalue weighted by atomic mass is 9.75. The van der Waals surface area contributed by atoms with Crippen molar-refractivity contribution in [1.82, 2.24) is 9.80 Å². The first-order chi connectivity index (χ1) is 8.91. The molecule has 1 aliphatic heterocycles. The fraction of sp³-hybridized carbons (Fsp3) is 0.889. The highest BCUT2D eigenvalue weighted by Crippen LogP contribution is 2.47. The third kappa shape index (κ3) is 3.46. The second-order valence-corrected chi connectivity index (χ2v) is 8.90. The molecule has 0 bridgehead atoms. The van der Waals surface area contributed by atoms with Crippen molar-refractivity contribution in [2.45, 2.75) is 66.1 Å². The van der Waals surface area contributed by atoms with E-state index >= 15 is 0 Å². The predicted molar refractivity (Wildman–Crippen MR) is 90.0 cm³/mol. The van der Waals surface area contributed by atoms with Crippen LogP contribution in [0.5, 0.6) is 0 Å². The zero-order valence-electron chi connectivity index (χ0n) is 15.2. The first kappa shape index (κ1) is 17.7. The van der Waals surface area contributed by atoms with Crippen molar-refractivity contribution in [2.75, 3.05) is 20.6 Å². The summed E-state index contributed by atoms with van der Waals surface area (Å²) in [6.07, 6.45) is 2.17. The Morgan fingerprint density at radius 2 is 1.60 bits per heavy atom. The van der Waals surface area contributed by atoms with Crippen LogP contribution in [0.2, 0.25) is 0 Å². The van der Waals surface area contributed by atoms with E-state index in [0.29, 0.717) is 23.9 Å². The Balaban J connectivity index is 3.28. The summed E-state index contributed by atoms with van der Waals surface area (Å²) in [6, 6.07) is 1.06. The molecule has 0 aromatic rings. The molecule has 1 unspecified atom stereocenters. The van der Waals surface area contributed by atoms with Gasteiger partial charge in [-0.05, 0) is 52.1 Å². The Labute approximate surface area is 127 Å². The molecule has 118 valence electrons. The van der Waals surface area contributed by atoms with Crippen LogP contribution in [0, 0.1) is 17.3 Å². The van der Waals surface area contributed by atoms with Crippen LogP contribution in [-0.2, 0) is 0 Å². The van der Waals surface area contributed by atoms with E-state index in [-0.39, 0.29) is 11.0 Å². The van der Waals surface area contributed by atoms with Crippen LogP contribution < -0.4 is 0 Å². The van der Waals surface area contributed by atoms with Crippen LogP contribution in [-0.4, -0.2) is 48.1 Å². The molecule has 1 fully saturated rings. The molecule has 1 saturated heterocycles. The molecule has 1 heterocycles. The third-order valence-electron chi connectivity index (χ3n) is 4.72. The SMILES string of the molecule is C=C[C@@H]1[C@@H](C)C(CN(C)C)[C@@H](C(C)(C)C)N1C(C)(C)C. The molecule has 4 atom stereocenters. The van der Waals surface area contributed by atoms with Gasteiger partial charge >= 0.3 is 0 Å². The maximum atomic E-state index is 4.13. The molecule has 0 saturated carbocycles. The summed E-state index contributed by atoms with van der Waals surface area (Å²) in [5, 5.41) is 0. The molecular weight excluding hydrogens is 244 g/mol. The lowest BCUT2D eigenvalue weighted by Crippen LogP contribution is -2.54. The summed E-state index contributed by atoms with van der Waals surface area (Å²) >= 11 is 0. The van der Waals surface area contributed by atoms with Crippen molar-refractivity contribution in [2.24, 2.45) is 17.3 Å². The molecule has 0 radical (unpaired) electrons. The molecule has 0 aliphatic carbocycles. The summed E-state index contributed by atoms with van der Waals surface area (Å²) in [4.78, 5) is 5.06. The van der Waals surface area contributed by atoms with Crippen LogP contribution in [0.3, 0.4) is 0 Å². The van der Waals surface area contributed by atoms with Crippen molar-refractivity contribution in [3.8, 4) is 0 Å². The van der Waals surface area contributed by atoms with Crippen molar-refractivity contribution in [3.63, 3.8) is 0 Å². The Morgan fingerprint density at radius 3 is 1.90 bits per heavy atom. The van der Waals surface area contributed by atoms with Crippen molar-refractivity contribution < 1.29 is 0 Å². The summed E-state index contributed by atoms with van der Waals surface area (Å²) in [6.45, 7) is 21.9. The molecule has 2 nitrogen and oxygen atoms in total. The van der Waals surface area contributed by atoms with Gasteiger partial charge in [0, 0.05) is 24.2 Å². The summed E-state index contributed by atoms with van der Waals surface area (Å²) in [5.41, 5.74) is 0.450. The lowest BCUT2D eigenvalue weighted by Gasteiger charge is -2.47. The zero-order chi connectivity index (χ0) is 15.9. The molecule has 1 aliphatic rings. The van der Waals surface area contributed by atoms with E-state index in [1.54, 1.807) is 0 Å². The van der Waals surface area contributed by atoms with Gasteiger partial charge in [-0.2, -0.15) is 0 Å². The molecule has 0 N–H and O–H groups in total. The van der Waals surface area contributed by atoms with Gasteiger partial charge in [0.05, 0.1) is 0 Å². The first-order valence-corrected chi connectivity index (χ1v) is 7.97. The van der Waals surface area contributed by atoms with Gasteiger partial charge in [-0.1, -0.05) is 33.8 Å². The Morgan fingerprint density at radius 1 is 1.10 bits per heavy atom. The molecule has 1 rings (SSSR count). The van der Waals surface area contributed by atoms with Gasteiger partial charge in [0.15, 0.2) is 0 Å². The molecule has 0 aromatic heterocycles. The van der Waals surface area contributed by atoms with Crippen molar-refractivity contribution in [1.29, 1.82) is 0 Å². The van der Waals surface area contributed by atoms with Crippen LogP contribution >= 0.6 is 0 Å². The fourth-order valence-corrected chi connectivity index (χ4v) is 4.13. The highest BCUT2D eigenvalue weighted by molar-refractivity contribution is 5.11. The van der Waals surface area contributed by atoms with Gasteiger partial charge < -0.3 is 4.90 Å². The fourth-order valence-electron chi connectivity index (χ4n) is 4.13. The molecular formula is C18H36N2. The van der Waals surface area contributed by atoms with E-state index in [1.807, 2.05) is 0 Å². The van der Waals surface area contributed by atoms with Crippen LogP contribution in [0.4, 0.5) is 0 Å². The summed E-state index contributed by atoms with van der Waals surface area (Å²) < 4.78 is 0. The largest absolute Gasteiger partial charge is 0.309 e. The Bertz CT molecular complexity index is 332. The topological polar surface area (TPSA) is 6.48 Å². The average molecular weight is 280 g/mol. The Hall–Kier alpha value is -0.340. The molecule has 20 heavy (non-hydrogen) atoms. The average Bonchev–Trinajstić information content (AvgIpc) is 2.50. The second kappa shape index (κ2) is 5.81. The quantitative estimate of drug-likeness (QED) is 0.724. The highest BCUT2D eigenvalue weighted by atomic mass is 15.3. The van der Waals surface area contributed by atoms with Gasteiger partial charge in [0.2, 0.25) is 0 Å². The highest BCUT2D eigenvalue weighted by Gasteiger charge is 2.52. The number of nitrogens with zero attached hydrogens (tertiary/aromatic N) is 2. The van der Waals surface area contributed by atoms with E-state index in [1.165, 1.54) is 0 Å². The van der Waals surface area contributed by atoms with E-state index in [0.717, 1.165) is 6.54 Å². The molecule has 2 heteroatoms. The van der Waals surface area contributed by atoms with Gasteiger partial charge in [0.25, 0.3) is 0 Å². The maximum Gasteiger partial charge on any atom is 0.0313 e. The third-order valence-corrected chi connectivity index (χ3v) is 4.72. The number of rotatable bonds is 3. The molecule has 0 amide bonds. The summed E-state index contributed by atoms with van der Waals surface area (Å²) in [5.74, 6) is 1.34. The number of likely N-dealkylation sites (tertiary alicyclic amines) is 1. The smallest absolute Gasteiger partial charge is 0.0313 e. The zero-order valence-corrected chi connectivity index (χ0v) is 15.2. The van der Waals surface area contributed by atoms with Crippen molar-refractivity contribution in [3.05, 3.63) is 12.7 Å². The number of hydrogen-bond donors (Lipinski definition) is 0. The van der Waals surface area contributed by atoms with Gasteiger partial charge in [-0.15, -0.1) is 6.58 Å². The molecule has 0 spiro atoms. The van der Waals surface area contributed by atoms with E-state index in [4.69, 9.17) is 0 Å². The van der Waals surface area contributed by atoms with Crippen LogP contribution in [0.25, 0.3) is 0 Å². The standard InChI is InChI=1S/C18H36N2/c1-11-15-13(2)14(12-19(9)10)16(17(3,4)5)20(15)18(6,7)8/h11,13-16H,1,12H2,2-10H3/t13-,14?,15+,16-/m0/s1. The maximum absolute atomic E-state index is 4.13. The van der Waals surface area contributed by atoms with Crippen LogP contribution in [0.1, 0.15) is 48.5 Å². The van der Waals surface area contributed by atoms with E-state index in [9.17, 15) is 0 Å². The first-order valence-electron chi connectivity index (χ1n) is 7.97.